The van der Waals surface area contributed by atoms with Crippen LogP contribution in [0.4, 0.5) is 61.0 Å². The summed E-state index contributed by atoms with van der Waals surface area (Å²) in [5, 5.41) is 48.0. The third kappa shape index (κ3) is 17.3. The van der Waals surface area contributed by atoms with Gasteiger partial charge in [0.15, 0.2) is 70.7 Å². The van der Waals surface area contributed by atoms with Crippen molar-refractivity contribution in [2.75, 3.05) is 73.2 Å². The van der Waals surface area contributed by atoms with Gasteiger partial charge < -0.3 is 63.7 Å². The van der Waals surface area contributed by atoms with Crippen molar-refractivity contribution in [2.24, 2.45) is 0 Å². The highest BCUT2D eigenvalue weighted by atomic mass is 19.2. The molecule has 668 valence electrons. The van der Waals surface area contributed by atoms with E-state index in [2.05, 4.69) is 42.8 Å². The van der Waals surface area contributed by atoms with Crippen LogP contribution in [0.2, 0.25) is 0 Å². The van der Waals surface area contributed by atoms with E-state index < -0.39 is 182 Å². The number of fused-ring (bicyclic) bond motifs is 4. The normalized spacial score (nSPS) is 16.6. The van der Waals surface area contributed by atoms with Gasteiger partial charge in [-0.05, 0) is 136 Å². The van der Waals surface area contributed by atoms with E-state index in [1.165, 1.54) is 44.8 Å². The van der Waals surface area contributed by atoms with Crippen LogP contribution in [0, 0.1) is 58.2 Å². The van der Waals surface area contributed by atoms with Gasteiger partial charge in [-0.3, -0.25) is 43.5 Å². The molecule has 8 heterocycles. The SMILES string of the molecule is CC(C)N1C(C)CN(c2c(F)c(F)c3c(=O)c(C(=O)O)cn(C4CC4)c3c2F)CC1C.CC(C)N1CCN(c2c(F)cc3c(=O)c(C(=O)O)cn4c3c2OCN4C)CC1.CC(C)Nc1c(F)c(F)c2c(=O)c(C(=O)O)cn(C3CC3)c2c1F.CC(C)c1c(F)c(F)c2c(=O)c(C(=O)O)cn(C3CC3)c2c1F.CCn1cc(C(=O)O)c(=O)c2ccc(C(C)C)cc21. The number of hydrogen-bond acceptors (Lipinski definition) is 17. The minimum Gasteiger partial charge on any atom is -0.477 e. The van der Waals surface area contributed by atoms with Gasteiger partial charge >= 0.3 is 29.8 Å². The molecule has 5 aromatic heterocycles. The Balaban J connectivity index is 0.000000144. The van der Waals surface area contributed by atoms with E-state index in [4.69, 9.17) is 20.1 Å². The zero-order valence-electron chi connectivity index (χ0n) is 70.8. The van der Waals surface area contributed by atoms with Crippen LogP contribution in [0.1, 0.15) is 221 Å². The summed E-state index contributed by atoms with van der Waals surface area (Å²) < 4.78 is 161. The Morgan fingerprint density at radius 2 is 0.896 bits per heavy atom. The smallest absolute Gasteiger partial charge is 0.341 e. The number of benzene rings is 5. The molecule has 5 fully saturated rings. The topological polar surface area (TPSA) is 334 Å². The standard InChI is InChI=1S/C22H26F3N3O3.C19H23FN4O4.C16H15F3N2O3.C16H14F3NO3.C15H17NO3/c1-10(2)28-11(3)7-26(8-12(28)4)20-17(24)16(23)15-19(18(20)25)27(13-5-6-13)9-14(21(15)29)22(30)31;1-11(2)22-4-6-23(7-5-22)16-14(20)8-12-15-18(16)28-10-21(3)24(15)9-13(17(12)25)19(26)27;1-6(2)20-13-11(18)10(17)9-14(12(13)19)21(7-3-4-7)5-8(15(9)22)16(23)24;1-6(2)9-11(17)12(18)10-14(13(9)19)20(7-3-4-7)5-8(15(10)21)16(22)23;1-4-16-8-12(15(18)19)14(17)11-6-5-10(9(2)3)7-13(11)16/h9-13H,5-8H2,1-4H3,(H,30,31);8-9,11H,4-7,10H2,1-3H3,(H,26,27);5-7,20H,3-4H2,1-2H3,(H,23,24);5-7H,3-4H2,1-2H3,(H,22,23);5-9H,4H2,1-3H3,(H,18,19). The fourth-order valence-corrected chi connectivity index (χ4v) is 16.7. The van der Waals surface area contributed by atoms with Crippen molar-refractivity contribution in [3.63, 3.8) is 0 Å². The van der Waals surface area contributed by atoms with Crippen LogP contribution in [0.25, 0.3) is 54.5 Å². The number of aromatic nitrogens is 5. The summed E-state index contributed by atoms with van der Waals surface area (Å²) in [4.78, 5) is 126. The van der Waals surface area contributed by atoms with Crippen LogP contribution in [-0.4, -0.2) is 171 Å². The number of aromatic carboxylic acids is 5. The summed E-state index contributed by atoms with van der Waals surface area (Å²) in [6.45, 7) is 28.9. The number of aryl methyl sites for hydroxylation is 1. The molecule has 16 rings (SSSR count). The van der Waals surface area contributed by atoms with Crippen LogP contribution < -0.4 is 52.0 Å². The molecule has 0 spiro atoms. The monoisotopic (exact) mass is 1750 g/mol. The van der Waals surface area contributed by atoms with E-state index in [9.17, 15) is 84.5 Å². The maximum Gasteiger partial charge on any atom is 0.341 e. The van der Waals surface area contributed by atoms with Gasteiger partial charge in [-0.15, -0.1) is 0 Å². The lowest BCUT2D eigenvalue weighted by Gasteiger charge is -2.47. The number of carboxylic acid groups (broad SMARTS) is 5. The second-order valence-corrected chi connectivity index (χ2v) is 33.6. The van der Waals surface area contributed by atoms with Gasteiger partial charge in [0, 0.05) is 143 Å². The average Bonchev–Trinajstić information content (AvgIpc) is 1.70. The number of ether oxygens (including phenoxy) is 1. The Bertz CT molecular complexity index is 6410. The fourth-order valence-electron chi connectivity index (χ4n) is 16.7. The summed E-state index contributed by atoms with van der Waals surface area (Å²) in [6.07, 6.45) is 9.67. The molecule has 2 atom stereocenters. The zero-order chi connectivity index (χ0) is 91.9. The lowest BCUT2D eigenvalue weighted by atomic mass is 9.98. The predicted octanol–water partition coefficient (Wildman–Crippen LogP) is 14.7. The van der Waals surface area contributed by atoms with Crippen molar-refractivity contribution in [1.29, 1.82) is 0 Å². The molecule has 2 unspecified atom stereocenters. The molecule has 10 aromatic rings. The third-order valence-electron chi connectivity index (χ3n) is 23.2. The van der Waals surface area contributed by atoms with E-state index in [0.29, 0.717) is 106 Å². The number of carbonyl (C=O) groups is 5. The van der Waals surface area contributed by atoms with Crippen LogP contribution in [0.15, 0.2) is 79.2 Å². The number of pyridine rings is 5. The van der Waals surface area contributed by atoms with Gasteiger partial charge in [0.05, 0.1) is 43.6 Å². The largest absolute Gasteiger partial charge is 0.477 e. The molecular formula is C88H95F10N11O16. The maximum absolute atomic E-state index is 15.8. The van der Waals surface area contributed by atoms with Gasteiger partial charge in [-0.1, -0.05) is 33.8 Å². The number of piperazine rings is 2. The van der Waals surface area contributed by atoms with Gasteiger partial charge in [-0.2, -0.15) is 0 Å². The van der Waals surface area contributed by atoms with Crippen molar-refractivity contribution in [3.05, 3.63) is 203 Å². The summed E-state index contributed by atoms with van der Waals surface area (Å²) in [6, 6.07) is 6.26. The molecule has 6 N–H and O–H groups in total. The summed E-state index contributed by atoms with van der Waals surface area (Å²) in [5.74, 6) is -19.8. The summed E-state index contributed by atoms with van der Waals surface area (Å²) in [7, 11) is 1.71. The van der Waals surface area contributed by atoms with Crippen molar-refractivity contribution < 1.29 is 98.1 Å². The first-order valence-corrected chi connectivity index (χ1v) is 40.9. The van der Waals surface area contributed by atoms with E-state index >= 15 is 17.6 Å². The number of hydrogen-bond donors (Lipinski definition) is 6. The lowest BCUT2D eigenvalue weighted by Crippen LogP contribution is -2.59. The number of nitrogens with zero attached hydrogens (tertiary/aromatic N) is 10. The number of rotatable bonds is 17. The van der Waals surface area contributed by atoms with Crippen molar-refractivity contribution in [3.8, 4) is 5.75 Å². The molecular weight excluding hydrogens is 1660 g/mol. The van der Waals surface area contributed by atoms with Crippen LogP contribution in [0.5, 0.6) is 5.75 Å². The predicted molar refractivity (Wildman–Crippen MR) is 450 cm³/mol. The molecule has 2 saturated heterocycles. The van der Waals surface area contributed by atoms with E-state index in [-0.39, 0.29) is 71.0 Å². The van der Waals surface area contributed by atoms with Gasteiger partial charge in [0.25, 0.3) is 0 Å². The van der Waals surface area contributed by atoms with Crippen molar-refractivity contribution in [2.45, 2.75) is 195 Å². The van der Waals surface area contributed by atoms with E-state index in [1.54, 1.807) is 36.6 Å². The van der Waals surface area contributed by atoms with Gasteiger partial charge in [0.1, 0.15) is 50.4 Å². The molecule has 3 aliphatic carbocycles. The van der Waals surface area contributed by atoms with Crippen LogP contribution in [0.3, 0.4) is 0 Å². The van der Waals surface area contributed by atoms with Gasteiger partial charge in [0.2, 0.25) is 27.1 Å². The molecule has 0 bridgehead atoms. The fraction of sp³-hybridized carbons (Fsp3) is 0.432. The molecule has 125 heavy (non-hydrogen) atoms. The molecule has 3 saturated carbocycles. The lowest BCUT2D eigenvalue weighted by molar-refractivity contribution is 0.0683. The molecule has 0 radical (unpaired) electrons. The van der Waals surface area contributed by atoms with Crippen molar-refractivity contribution >= 4 is 101 Å². The quantitative estimate of drug-likeness (QED) is 0.0364. The molecule has 5 aromatic carbocycles. The van der Waals surface area contributed by atoms with E-state index in [0.717, 1.165) is 48.8 Å². The first-order valence-electron chi connectivity index (χ1n) is 40.9. The number of halogens is 10. The first-order chi connectivity index (χ1) is 58.8. The second kappa shape index (κ2) is 35.8. The molecule has 3 aliphatic heterocycles. The minimum atomic E-state index is -1.57. The van der Waals surface area contributed by atoms with Gasteiger partial charge in [-0.25, -0.2) is 67.9 Å². The Morgan fingerprint density at radius 1 is 0.464 bits per heavy atom. The van der Waals surface area contributed by atoms with Crippen molar-refractivity contribution in [1.82, 2.24) is 32.7 Å². The molecule has 6 aliphatic rings. The number of anilines is 3. The molecule has 0 amide bonds. The Kier molecular flexibility index (Phi) is 26.3. The number of nitrogens with one attached hydrogen (secondary N) is 1. The summed E-state index contributed by atoms with van der Waals surface area (Å²) >= 11 is 0. The minimum absolute atomic E-state index is 0.00326. The average molecular weight is 1750 g/mol. The molecule has 27 nitrogen and oxygen atoms in total. The Morgan fingerprint density at radius 3 is 1.32 bits per heavy atom. The highest BCUT2D eigenvalue weighted by Crippen LogP contribution is 2.46. The van der Waals surface area contributed by atoms with Crippen LogP contribution in [-0.2, 0) is 6.54 Å². The number of carboxylic acids is 5. The highest BCUT2D eigenvalue weighted by molar-refractivity contribution is 5.99. The highest BCUT2D eigenvalue weighted by Gasteiger charge is 2.41. The third-order valence-corrected chi connectivity index (χ3v) is 23.2. The first kappa shape index (κ1) is 91.9. The maximum atomic E-state index is 15.8. The Hall–Kier alpha value is -12.3. The second-order valence-electron chi connectivity index (χ2n) is 33.6. The molecule has 37 heteroatoms. The Labute approximate surface area is 707 Å². The summed E-state index contributed by atoms with van der Waals surface area (Å²) in [5.41, 5.74) is -7.53. The van der Waals surface area contributed by atoms with E-state index in [1.807, 2.05) is 56.2 Å². The van der Waals surface area contributed by atoms with Crippen LogP contribution >= 0.6 is 0 Å². The zero-order valence-corrected chi connectivity index (χ0v) is 70.8.